The lowest BCUT2D eigenvalue weighted by Gasteiger charge is -2.37. The van der Waals surface area contributed by atoms with Gasteiger partial charge in [0.05, 0.1) is 0 Å². The van der Waals surface area contributed by atoms with Crippen LogP contribution in [0.4, 0.5) is 4.39 Å². The molecule has 2 aromatic rings. The van der Waals surface area contributed by atoms with Crippen molar-refractivity contribution in [2.45, 2.75) is 18.9 Å². The van der Waals surface area contributed by atoms with Gasteiger partial charge in [0, 0.05) is 44.6 Å². The number of fused-ring (bicyclic) bond motifs is 1. The third-order valence-electron chi connectivity index (χ3n) is 5.46. The van der Waals surface area contributed by atoms with Gasteiger partial charge in [-0.1, -0.05) is 12.1 Å². The Bertz CT molecular complexity index is 970. The number of halogens is 1. The van der Waals surface area contributed by atoms with E-state index in [1.165, 1.54) is 24.3 Å². The van der Waals surface area contributed by atoms with Crippen molar-refractivity contribution in [3.8, 4) is 11.5 Å². The molecule has 1 atom stereocenters. The van der Waals surface area contributed by atoms with E-state index in [4.69, 9.17) is 9.47 Å². The molecule has 2 aliphatic heterocycles. The van der Waals surface area contributed by atoms with Crippen LogP contribution in [0.5, 0.6) is 11.5 Å². The minimum Gasteiger partial charge on any atom is -0.485 e. The predicted molar refractivity (Wildman–Crippen MR) is 109 cm³/mol. The van der Waals surface area contributed by atoms with E-state index in [0.29, 0.717) is 43.2 Å². The van der Waals surface area contributed by atoms with Crippen LogP contribution in [-0.2, 0) is 9.59 Å². The molecule has 0 aliphatic carbocycles. The maximum absolute atomic E-state index is 13.0. The fourth-order valence-corrected chi connectivity index (χ4v) is 3.68. The molecule has 2 heterocycles. The molecular formula is C23H23FN2O5. The van der Waals surface area contributed by atoms with Crippen LogP contribution >= 0.6 is 0 Å². The molecular weight excluding hydrogens is 403 g/mol. The minimum absolute atomic E-state index is 0.0657. The molecule has 2 aliphatic rings. The van der Waals surface area contributed by atoms with Crippen LogP contribution in [-0.4, -0.2) is 66.3 Å². The average Bonchev–Trinajstić information content (AvgIpc) is 2.82. The standard InChI is InChI=1S/C23H23FN2O5/c24-17-7-5-16(6-8-17)18(27)9-10-22(28)25-11-13-26(14-12-25)23(29)21-15-30-19-3-1-2-4-20(19)31-21/h1-8,21H,9-15H2. The van der Waals surface area contributed by atoms with Gasteiger partial charge in [0.2, 0.25) is 12.0 Å². The monoisotopic (exact) mass is 426 g/mol. The highest BCUT2D eigenvalue weighted by Crippen LogP contribution is 2.31. The number of amides is 2. The van der Waals surface area contributed by atoms with Gasteiger partial charge in [0.25, 0.3) is 5.91 Å². The minimum atomic E-state index is -0.703. The van der Waals surface area contributed by atoms with E-state index in [1.54, 1.807) is 21.9 Å². The van der Waals surface area contributed by atoms with E-state index in [9.17, 15) is 18.8 Å². The second-order valence-electron chi connectivity index (χ2n) is 7.50. The topological polar surface area (TPSA) is 76.2 Å². The number of piperazine rings is 1. The molecule has 7 nitrogen and oxygen atoms in total. The van der Waals surface area contributed by atoms with Gasteiger partial charge in [-0.2, -0.15) is 0 Å². The first kappa shape index (κ1) is 20.8. The van der Waals surface area contributed by atoms with Crippen molar-refractivity contribution in [3.05, 3.63) is 59.9 Å². The van der Waals surface area contributed by atoms with Gasteiger partial charge in [-0.15, -0.1) is 0 Å². The number of ether oxygens (including phenoxy) is 2. The van der Waals surface area contributed by atoms with E-state index in [0.717, 1.165) is 0 Å². The largest absolute Gasteiger partial charge is 0.485 e. The molecule has 0 spiro atoms. The number of hydrogen-bond acceptors (Lipinski definition) is 5. The summed E-state index contributed by atoms with van der Waals surface area (Å²) in [5, 5.41) is 0. The average molecular weight is 426 g/mol. The van der Waals surface area contributed by atoms with Gasteiger partial charge >= 0.3 is 0 Å². The van der Waals surface area contributed by atoms with Crippen molar-refractivity contribution in [3.63, 3.8) is 0 Å². The van der Waals surface area contributed by atoms with Crippen molar-refractivity contribution in [2.24, 2.45) is 0 Å². The second kappa shape index (κ2) is 9.16. The SMILES string of the molecule is O=C(CCC(=O)N1CCN(C(=O)C2COc3ccccc3O2)CC1)c1ccc(F)cc1. The molecule has 0 saturated carbocycles. The van der Waals surface area contributed by atoms with E-state index < -0.39 is 11.9 Å². The molecule has 4 rings (SSSR count). The lowest BCUT2D eigenvalue weighted by molar-refractivity contribution is -0.146. The third-order valence-corrected chi connectivity index (χ3v) is 5.46. The summed E-state index contributed by atoms with van der Waals surface area (Å²) in [5.74, 6) is 0.275. The Morgan fingerprint density at radius 2 is 1.52 bits per heavy atom. The molecule has 1 fully saturated rings. The molecule has 1 unspecified atom stereocenters. The van der Waals surface area contributed by atoms with Gasteiger partial charge in [-0.25, -0.2) is 4.39 Å². The summed E-state index contributed by atoms with van der Waals surface area (Å²) in [5.41, 5.74) is 0.390. The molecule has 0 bridgehead atoms. The van der Waals surface area contributed by atoms with Crippen LogP contribution in [0.2, 0.25) is 0 Å². The van der Waals surface area contributed by atoms with Gasteiger partial charge in [-0.3, -0.25) is 14.4 Å². The quantitative estimate of drug-likeness (QED) is 0.686. The summed E-state index contributed by atoms with van der Waals surface area (Å²) in [6.45, 7) is 1.76. The summed E-state index contributed by atoms with van der Waals surface area (Å²) in [4.78, 5) is 40.8. The van der Waals surface area contributed by atoms with Crippen LogP contribution in [0.25, 0.3) is 0 Å². The van der Waals surface area contributed by atoms with Crippen molar-refractivity contribution in [1.82, 2.24) is 9.80 Å². The number of Topliss-reactive ketones (excluding diaryl/α,β-unsaturated/α-hetero) is 1. The summed E-state index contributed by atoms with van der Waals surface area (Å²) < 4.78 is 24.4. The number of rotatable bonds is 5. The van der Waals surface area contributed by atoms with E-state index in [1.807, 2.05) is 12.1 Å². The molecule has 1 saturated heterocycles. The Hall–Kier alpha value is -3.42. The maximum atomic E-state index is 13.0. The van der Waals surface area contributed by atoms with Crippen LogP contribution in [0.15, 0.2) is 48.5 Å². The highest BCUT2D eigenvalue weighted by atomic mass is 19.1. The molecule has 162 valence electrons. The molecule has 0 N–H and O–H groups in total. The summed E-state index contributed by atoms with van der Waals surface area (Å²) in [7, 11) is 0. The van der Waals surface area contributed by atoms with Crippen LogP contribution in [0, 0.1) is 5.82 Å². The highest BCUT2D eigenvalue weighted by Gasteiger charge is 2.33. The van der Waals surface area contributed by atoms with Crippen LogP contribution in [0.3, 0.4) is 0 Å². The lowest BCUT2D eigenvalue weighted by Crippen LogP contribution is -2.55. The Morgan fingerprint density at radius 3 is 2.23 bits per heavy atom. The lowest BCUT2D eigenvalue weighted by atomic mass is 10.1. The number of para-hydroxylation sites is 2. The van der Waals surface area contributed by atoms with Crippen molar-refractivity contribution in [2.75, 3.05) is 32.8 Å². The first-order chi connectivity index (χ1) is 15.0. The summed E-state index contributed by atoms with van der Waals surface area (Å²) >= 11 is 0. The molecule has 31 heavy (non-hydrogen) atoms. The van der Waals surface area contributed by atoms with E-state index in [2.05, 4.69) is 0 Å². The predicted octanol–water partition coefficient (Wildman–Crippen LogP) is 2.30. The zero-order valence-electron chi connectivity index (χ0n) is 17.0. The first-order valence-corrected chi connectivity index (χ1v) is 10.2. The van der Waals surface area contributed by atoms with Crippen molar-refractivity contribution >= 4 is 17.6 Å². The number of hydrogen-bond donors (Lipinski definition) is 0. The van der Waals surface area contributed by atoms with Gasteiger partial charge in [-0.05, 0) is 36.4 Å². The van der Waals surface area contributed by atoms with Crippen molar-refractivity contribution < 1.29 is 28.2 Å². The zero-order valence-corrected chi connectivity index (χ0v) is 17.0. The van der Waals surface area contributed by atoms with E-state index >= 15 is 0 Å². The van der Waals surface area contributed by atoms with Gasteiger partial charge < -0.3 is 19.3 Å². The molecule has 2 aromatic carbocycles. The highest BCUT2D eigenvalue weighted by molar-refractivity contribution is 5.97. The smallest absolute Gasteiger partial charge is 0.267 e. The maximum Gasteiger partial charge on any atom is 0.267 e. The molecule has 0 radical (unpaired) electrons. The number of carbonyl (C=O) groups excluding carboxylic acids is 3. The fraction of sp³-hybridized carbons (Fsp3) is 0.348. The van der Waals surface area contributed by atoms with Gasteiger partial charge in [0.1, 0.15) is 12.4 Å². The van der Waals surface area contributed by atoms with Crippen molar-refractivity contribution in [1.29, 1.82) is 0 Å². The zero-order chi connectivity index (χ0) is 21.8. The summed E-state index contributed by atoms with van der Waals surface area (Å²) in [6.07, 6.45) is -0.554. The third kappa shape index (κ3) is 4.84. The Labute approximate surface area is 179 Å². The van der Waals surface area contributed by atoms with Gasteiger partial charge in [0.15, 0.2) is 17.3 Å². The number of benzene rings is 2. The van der Waals surface area contributed by atoms with Crippen LogP contribution in [0.1, 0.15) is 23.2 Å². The summed E-state index contributed by atoms with van der Waals surface area (Å²) in [6, 6.07) is 12.5. The fourth-order valence-electron chi connectivity index (χ4n) is 3.68. The number of nitrogens with zero attached hydrogens (tertiary/aromatic N) is 2. The first-order valence-electron chi connectivity index (χ1n) is 10.2. The van der Waals surface area contributed by atoms with Crippen LogP contribution < -0.4 is 9.47 Å². The molecule has 0 aromatic heterocycles. The second-order valence-corrected chi connectivity index (χ2v) is 7.50. The Kier molecular flexibility index (Phi) is 6.16. The Balaban J connectivity index is 1.24. The number of carbonyl (C=O) groups is 3. The normalized spacial score (nSPS) is 17.9. The molecule has 8 heteroatoms. The molecule has 2 amide bonds. The van der Waals surface area contributed by atoms with E-state index in [-0.39, 0.29) is 37.0 Å². The number of ketones is 1. The Morgan fingerprint density at radius 1 is 0.871 bits per heavy atom.